The highest BCUT2D eigenvalue weighted by atomic mass is 16.5. The van der Waals surface area contributed by atoms with Gasteiger partial charge in [0.1, 0.15) is 0 Å². The van der Waals surface area contributed by atoms with E-state index in [4.69, 9.17) is 5.11 Å². The quantitative estimate of drug-likeness (QED) is 0.823. The predicted molar refractivity (Wildman–Crippen MR) is 82.2 cm³/mol. The van der Waals surface area contributed by atoms with Crippen LogP contribution in [0.15, 0.2) is 54.6 Å². The molecular formula is C17H17NO4. The Labute approximate surface area is 128 Å². The van der Waals surface area contributed by atoms with Gasteiger partial charge in [-0.25, -0.2) is 4.79 Å². The van der Waals surface area contributed by atoms with Gasteiger partial charge in [0.05, 0.1) is 13.7 Å². The van der Waals surface area contributed by atoms with E-state index in [1.165, 1.54) is 7.11 Å². The van der Waals surface area contributed by atoms with Gasteiger partial charge in [0.2, 0.25) is 0 Å². The van der Waals surface area contributed by atoms with Crippen molar-refractivity contribution in [2.75, 3.05) is 13.7 Å². The number of hydrogen-bond donors (Lipinski definition) is 2. The van der Waals surface area contributed by atoms with Crippen LogP contribution in [-0.4, -0.2) is 36.7 Å². The first-order chi connectivity index (χ1) is 10.7. The standard InChI is InChI=1S/C17H17NO4/c1-22-17(21)15(11-19)18-16(20)14-9-7-13(8-10-14)12-5-3-2-4-6-12/h2-10,15,19H,11H2,1H3,(H,18,20). The molecule has 2 aromatic carbocycles. The van der Waals surface area contributed by atoms with Crippen LogP contribution in [-0.2, 0) is 9.53 Å². The summed E-state index contributed by atoms with van der Waals surface area (Å²) >= 11 is 0. The molecule has 0 saturated carbocycles. The number of carbonyl (C=O) groups is 2. The van der Waals surface area contributed by atoms with E-state index >= 15 is 0 Å². The fraction of sp³-hybridized carbons (Fsp3) is 0.176. The molecule has 2 aromatic rings. The molecule has 0 aliphatic heterocycles. The minimum Gasteiger partial charge on any atom is -0.467 e. The largest absolute Gasteiger partial charge is 0.467 e. The minimum absolute atomic E-state index is 0.405. The molecule has 1 amide bonds. The summed E-state index contributed by atoms with van der Waals surface area (Å²) in [4.78, 5) is 23.4. The SMILES string of the molecule is COC(=O)C(CO)NC(=O)c1ccc(-c2ccccc2)cc1. The first-order valence-electron chi connectivity index (χ1n) is 6.80. The molecule has 22 heavy (non-hydrogen) atoms. The van der Waals surface area contributed by atoms with Crippen LogP contribution >= 0.6 is 0 Å². The Morgan fingerprint density at radius 2 is 1.64 bits per heavy atom. The minimum atomic E-state index is -1.06. The summed E-state index contributed by atoms with van der Waals surface area (Å²) in [5.74, 6) is -1.12. The van der Waals surface area contributed by atoms with Crippen LogP contribution in [0.25, 0.3) is 11.1 Å². The molecule has 2 N–H and O–H groups in total. The monoisotopic (exact) mass is 299 g/mol. The lowest BCUT2D eigenvalue weighted by molar-refractivity contribution is -0.143. The molecule has 0 radical (unpaired) electrons. The zero-order valence-corrected chi connectivity index (χ0v) is 12.2. The number of benzene rings is 2. The summed E-state index contributed by atoms with van der Waals surface area (Å²) in [7, 11) is 1.20. The summed E-state index contributed by atoms with van der Waals surface area (Å²) in [6, 6.07) is 15.7. The van der Waals surface area contributed by atoms with E-state index in [0.717, 1.165) is 11.1 Å². The van der Waals surface area contributed by atoms with Crippen molar-refractivity contribution in [3.63, 3.8) is 0 Å². The van der Waals surface area contributed by atoms with E-state index < -0.39 is 24.5 Å². The third kappa shape index (κ3) is 3.71. The lowest BCUT2D eigenvalue weighted by Gasteiger charge is -2.14. The molecule has 0 aliphatic rings. The Kier molecular flexibility index (Phi) is 5.27. The molecule has 2 rings (SSSR count). The summed E-state index contributed by atoms with van der Waals surface area (Å²) in [6.07, 6.45) is 0. The Morgan fingerprint density at radius 1 is 1.05 bits per heavy atom. The zero-order chi connectivity index (χ0) is 15.9. The lowest BCUT2D eigenvalue weighted by atomic mass is 10.0. The number of ether oxygens (including phenoxy) is 1. The van der Waals surface area contributed by atoms with Gasteiger partial charge >= 0.3 is 5.97 Å². The molecule has 5 heteroatoms. The van der Waals surface area contributed by atoms with E-state index in [1.54, 1.807) is 12.1 Å². The Balaban J connectivity index is 2.10. The van der Waals surface area contributed by atoms with E-state index in [1.807, 2.05) is 42.5 Å². The van der Waals surface area contributed by atoms with Crippen LogP contribution in [0.4, 0.5) is 0 Å². The van der Waals surface area contributed by atoms with Crippen molar-refractivity contribution in [1.82, 2.24) is 5.32 Å². The summed E-state index contributed by atoms with van der Waals surface area (Å²) < 4.78 is 4.50. The van der Waals surface area contributed by atoms with Gasteiger partial charge in [-0.1, -0.05) is 42.5 Å². The highest BCUT2D eigenvalue weighted by Crippen LogP contribution is 2.19. The van der Waals surface area contributed by atoms with E-state index in [0.29, 0.717) is 5.56 Å². The smallest absolute Gasteiger partial charge is 0.330 e. The summed E-state index contributed by atoms with van der Waals surface area (Å²) in [5.41, 5.74) is 2.45. The van der Waals surface area contributed by atoms with Crippen molar-refractivity contribution in [2.24, 2.45) is 0 Å². The maximum atomic E-state index is 12.1. The Bertz CT molecular complexity index is 637. The molecule has 114 valence electrons. The zero-order valence-electron chi connectivity index (χ0n) is 12.2. The molecule has 0 heterocycles. The summed E-state index contributed by atoms with van der Waals surface area (Å²) in [6.45, 7) is -0.513. The third-order valence-electron chi connectivity index (χ3n) is 3.23. The summed E-state index contributed by atoms with van der Waals surface area (Å²) in [5, 5.41) is 11.5. The van der Waals surface area contributed by atoms with Gasteiger partial charge in [-0.2, -0.15) is 0 Å². The molecular weight excluding hydrogens is 282 g/mol. The molecule has 0 aliphatic carbocycles. The predicted octanol–water partition coefficient (Wildman–Crippen LogP) is 1.62. The highest BCUT2D eigenvalue weighted by molar-refractivity contribution is 5.97. The fourth-order valence-corrected chi connectivity index (χ4v) is 2.01. The normalized spacial score (nSPS) is 11.5. The van der Waals surface area contributed by atoms with Crippen LogP contribution in [0.2, 0.25) is 0 Å². The van der Waals surface area contributed by atoms with Crippen LogP contribution < -0.4 is 5.32 Å². The van der Waals surface area contributed by atoms with Crippen molar-refractivity contribution < 1.29 is 19.4 Å². The molecule has 1 unspecified atom stereocenters. The van der Waals surface area contributed by atoms with Gasteiger partial charge in [-0.3, -0.25) is 4.79 Å². The van der Waals surface area contributed by atoms with Crippen LogP contribution in [0.5, 0.6) is 0 Å². The second-order valence-corrected chi connectivity index (χ2v) is 4.68. The average molecular weight is 299 g/mol. The van der Waals surface area contributed by atoms with E-state index in [-0.39, 0.29) is 0 Å². The van der Waals surface area contributed by atoms with Gasteiger partial charge in [0.15, 0.2) is 6.04 Å². The molecule has 0 fully saturated rings. The Morgan fingerprint density at radius 3 is 2.18 bits per heavy atom. The number of aliphatic hydroxyl groups excluding tert-OH is 1. The van der Waals surface area contributed by atoms with Gasteiger partial charge in [-0.05, 0) is 23.3 Å². The third-order valence-corrected chi connectivity index (χ3v) is 3.23. The second-order valence-electron chi connectivity index (χ2n) is 4.68. The topological polar surface area (TPSA) is 75.6 Å². The molecule has 0 saturated heterocycles. The molecule has 0 bridgehead atoms. The Hall–Kier alpha value is -2.66. The number of carbonyl (C=O) groups excluding carboxylic acids is 2. The number of esters is 1. The van der Waals surface area contributed by atoms with Gasteiger partial charge < -0.3 is 15.2 Å². The number of rotatable bonds is 5. The van der Waals surface area contributed by atoms with Gasteiger partial charge in [-0.15, -0.1) is 0 Å². The van der Waals surface area contributed by atoms with Gasteiger partial charge in [0.25, 0.3) is 5.91 Å². The van der Waals surface area contributed by atoms with E-state index in [9.17, 15) is 9.59 Å². The van der Waals surface area contributed by atoms with Crippen molar-refractivity contribution in [2.45, 2.75) is 6.04 Å². The number of nitrogens with one attached hydrogen (secondary N) is 1. The van der Waals surface area contributed by atoms with Crippen molar-refractivity contribution in [1.29, 1.82) is 0 Å². The number of amides is 1. The lowest BCUT2D eigenvalue weighted by Crippen LogP contribution is -2.44. The number of methoxy groups -OCH3 is 1. The van der Waals surface area contributed by atoms with Crippen molar-refractivity contribution in [3.05, 3.63) is 60.2 Å². The first kappa shape index (κ1) is 15.7. The average Bonchev–Trinajstić information content (AvgIpc) is 2.59. The maximum absolute atomic E-state index is 12.1. The van der Waals surface area contributed by atoms with Crippen LogP contribution in [0, 0.1) is 0 Å². The van der Waals surface area contributed by atoms with Crippen LogP contribution in [0.3, 0.4) is 0 Å². The van der Waals surface area contributed by atoms with Crippen molar-refractivity contribution >= 4 is 11.9 Å². The van der Waals surface area contributed by atoms with Crippen molar-refractivity contribution in [3.8, 4) is 11.1 Å². The molecule has 0 aromatic heterocycles. The number of hydrogen-bond acceptors (Lipinski definition) is 4. The second kappa shape index (κ2) is 7.38. The molecule has 1 atom stereocenters. The van der Waals surface area contributed by atoms with Gasteiger partial charge in [0, 0.05) is 5.56 Å². The van der Waals surface area contributed by atoms with E-state index in [2.05, 4.69) is 10.1 Å². The molecule has 0 spiro atoms. The van der Waals surface area contributed by atoms with Crippen LogP contribution in [0.1, 0.15) is 10.4 Å². The molecule has 5 nitrogen and oxygen atoms in total. The number of aliphatic hydroxyl groups is 1. The first-order valence-corrected chi connectivity index (χ1v) is 6.80. The highest BCUT2D eigenvalue weighted by Gasteiger charge is 2.21. The maximum Gasteiger partial charge on any atom is 0.330 e. The fourth-order valence-electron chi connectivity index (χ4n) is 2.01.